The van der Waals surface area contributed by atoms with Gasteiger partial charge in [-0.05, 0) is 12.3 Å². The summed E-state index contributed by atoms with van der Waals surface area (Å²) in [6, 6.07) is 0. The highest BCUT2D eigenvalue weighted by Gasteiger charge is 2.27. The van der Waals surface area contributed by atoms with Crippen molar-refractivity contribution >= 4 is 0 Å². The maximum absolute atomic E-state index is 10.1. The number of aliphatic hydroxyl groups is 1. The maximum Gasteiger partial charge on any atom is 0.0791 e. The molecule has 0 fully saturated rings. The Hall–Kier alpha value is -0.120. The summed E-state index contributed by atoms with van der Waals surface area (Å²) >= 11 is 0. The minimum Gasteiger partial charge on any atom is -0.388 e. The van der Waals surface area contributed by atoms with Crippen LogP contribution in [0.2, 0.25) is 0 Å². The van der Waals surface area contributed by atoms with Gasteiger partial charge < -0.3 is 15.2 Å². The van der Waals surface area contributed by atoms with Crippen LogP contribution in [0, 0.1) is 5.92 Å². The predicted octanol–water partition coefficient (Wildman–Crippen LogP) is 1.02. The van der Waals surface area contributed by atoms with Gasteiger partial charge in [-0.3, -0.25) is 0 Å². The first-order valence-corrected chi connectivity index (χ1v) is 4.99. The maximum atomic E-state index is 10.1. The summed E-state index contributed by atoms with van der Waals surface area (Å²) < 4.78 is 4.91. The zero-order chi connectivity index (χ0) is 10.3. The van der Waals surface area contributed by atoms with Gasteiger partial charge in [0.15, 0.2) is 0 Å². The summed E-state index contributed by atoms with van der Waals surface area (Å²) in [5.41, 5.74) is -0.576. The van der Waals surface area contributed by atoms with Gasteiger partial charge in [-0.1, -0.05) is 20.8 Å². The number of methoxy groups -OCH3 is 1. The molecule has 0 saturated heterocycles. The molecule has 1 atom stereocenters. The fourth-order valence-electron chi connectivity index (χ4n) is 1.22. The van der Waals surface area contributed by atoms with Gasteiger partial charge in [0.2, 0.25) is 0 Å². The molecule has 0 rings (SSSR count). The van der Waals surface area contributed by atoms with Crippen LogP contribution in [0.15, 0.2) is 0 Å². The molecule has 2 N–H and O–H groups in total. The van der Waals surface area contributed by atoms with Gasteiger partial charge in [0, 0.05) is 20.2 Å². The first-order valence-electron chi connectivity index (χ1n) is 4.99. The van der Waals surface area contributed by atoms with Crippen LogP contribution in [-0.4, -0.2) is 37.5 Å². The number of hydrogen-bond donors (Lipinski definition) is 2. The van der Waals surface area contributed by atoms with Crippen molar-refractivity contribution in [2.45, 2.75) is 32.8 Å². The third-order valence-corrected chi connectivity index (χ3v) is 2.60. The zero-order valence-electron chi connectivity index (χ0n) is 9.26. The van der Waals surface area contributed by atoms with Crippen LogP contribution in [0.5, 0.6) is 0 Å². The highest BCUT2D eigenvalue weighted by atomic mass is 16.5. The molecule has 1 unspecified atom stereocenters. The molecule has 0 spiro atoms. The van der Waals surface area contributed by atoms with Crippen LogP contribution in [0.3, 0.4) is 0 Å². The zero-order valence-corrected chi connectivity index (χ0v) is 9.26. The Morgan fingerprint density at radius 2 is 2.08 bits per heavy atom. The summed E-state index contributed by atoms with van der Waals surface area (Å²) in [4.78, 5) is 0. The van der Waals surface area contributed by atoms with E-state index in [4.69, 9.17) is 4.74 Å². The van der Waals surface area contributed by atoms with Gasteiger partial charge in [0.25, 0.3) is 0 Å². The second-order valence-electron chi connectivity index (χ2n) is 3.78. The van der Waals surface area contributed by atoms with E-state index in [0.29, 0.717) is 13.2 Å². The molecule has 0 aromatic carbocycles. The fourth-order valence-corrected chi connectivity index (χ4v) is 1.22. The lowest BCUT2D eigenvalue weighted by atomic mass is 9.88. The van der Waals surface area contributed by atoms with E-state index in [1.807, 2.05) is 20.8 Å². The van der Waals surface area contributed by atoms with Crippen molar-refractivity contribution in [1.29, 1.82) is 0 Å². The van der Waals surface area contributed by atoms with Gasteiger partial charge >= 0.3 is 0 Å². The molecule has 3 nitrogen and oxygen atoms in total. The molecular formula is C10H23NO2. The van der Waals surface area contributed by atoms with Crippen LogP contribution >= 0.6 is 0 Å². The molecule has 0 bridgehead atoms. The van der Waals surface area contributed by atoms with Crippen LogP contribution in [0.4, 0.5) is 0 Å². The Morgan fingerprint density at radius 1 is 1.46 bits per heavy atom. The third kappa shape index (κ3) is 4.60. The summed E-state index contributed by atoms with van der Waals surface area (Å²) in [5.74, 6) is 0.285. The predicted molar refractivity (Wildman–Crippen MR) is 54.8 cm³/mol. The van der Waals surface area contributed by atoms with E-state index in [1.54, 1.807) is 7.11 Å². The number of nitrogens with one attached hydrogen (secondary N) is 1. The van der Waals surface area contributed by atoms with Gasteiger partial charge in [-0.25, -0.2) is 0 Å². The second kappa shape index (κ2) is 6.35. The molecule has 0 aromatic heterocycles. The van der Waals surface area contributed by atoms with Gasteiger partial charge in [-0.15, -0.1) is 0 Å². The van der Waals surface area contributed by atoms with Crippen LogP contribution in [-0.2, 0) is 4.74 Å². The molecule has 0 radical (unpaired) electrons. The molecule has 80 valence electrons. The number of ether oxygens (including phenoxy) is 1. The Bertz CT molecular complexity index is 128. The Balaban J connectivity index is 3.71. The van der Waals surface area contributed by atoms with Crippen molar-refractivity contribution in [2.75, 3.05) is 26.8 Å². The van der Waals surface area contributed by atoms with Crippen molar-refractivity contribution in [1.82, 2.24) is 5.32 Å². The first-order chi connectivity index (χ1) is 6.06. The lowest BCUT2D eigenvalue weighted by molar-refractivity contribution is -0.00843. The van der Waals surface area contributed by atoms with Gasteiger partial charge in [0.05, 0.1) is 12.2 Å². The minimum atomic E-state index is -0.576. The van der Waals surface area contributed by atoms with Crippen LogP contribution in [0.25, 0.3) is 0 Å². The highest BCUT2D eigenvalue weighted by Crippen LogP contribution is 2.19. The second-order valence-corrected chi connectivity index (χ2v) is 3.78. The van der Waals surface area contributed by atoms with E-state index in [1.165, 1.54) is 0 Å². The van der Waals surface area contributed by atoms with E-state index >= 15 is 0 Å². The fraction of sp³-hybridized carbons (Fsp3) is 1.00. The first kappa shape index (κ1) is 12.9. The lowest BCUT2D eigenvalue weighted by Gasteiger charge is -2.31. The molecular weight excluding hydrogens is 166 g/mol. The Labute approximate surface area is 81.5 Å². The number of hydrogen-bond acceptors (Lipinski definition) is 3. The quantitative estimate of drug-likeness (QED) is 0.588. The molecule has 0 aliphatic heterocycles. The molecule has 3 heteroatoms. The van der Waals surface area contributed by atoms with Gasteiger partial charge in [-0.2, -0.15) is 0 Å². The minimum absolute atomic E-state index is 0.285. The monoisotopic (exact) mass is 189 g/mol. The van der Waals surface area contributed by atoms with E-state index in [2.05, 4.69) is 5.32 Å². The van der Waals surface area contributed by atoms with Crippen molar-refractivity contribution in [3.05, 3.63) is 0 Å². The standard InChI is InChI=1S/C10H23NO2/c1-5-10(12,9(2)3)8-11-6-7-13-4/h9,11-12H,5-8H2,1-4H3. The normalized spacial score (nSPS) is 16.2. The Morgan fingerprint density at radius 3 is 2.46 bits per heavy atom. The van der Waals surface area contributed by atoms with Crippen LogP contribution in [0.1, 0.15) is 27.2 Å². The van der Waals surface area contributed by atoms with Crippen LogP contribution < -0.4 is 5.32 Å². The van der Waals surface area contributed by atoms with Crippen molar-refractivity contribution in [3.8, 4) is 0 Å². The smallest absolute Gasteiger partial charge is 0.0791 e. The average molecular weight is 189 g/mol. The van der Waals surface area contributed by atoms with E-state index in [0.717, 1.165) is 13.0 Å². The lowest BCUT2D eigenvalue weighted by Crippen LogP contribution is -2.45. The largest absolute Gasteiger partial charge is 0.388 e. The Kier molecular flexibility index (Phi) is 6.29. The number of rotatable bonds is 7. The van der Waals surface area contributed by atoms with Crippen molar-refractivity contribution < 1.29 is 9.84 Å². The summed E-state index contributed by atoms with van der Waals surface area (Å²) in [5, 5.41) is 13.3. The van der Waals surface area contributed by atoms with E-state index in [9.17, 15) is 5.11 Å². The highest BCUT2D eigenvalue weighted by molar-refractivity contribution is 4.82. The topological polar surface area (TPSA) is 41.5 Å². The molecule has 0 aromatic rings. The summed E-state index contributed by atoms with van der Waals surface area (Å²) in [7, 11) is 1.68. The summed E-state index contributed by atoms with van der Waals surface area (Å²) in [6.45, 7) is 8.23. The molecule has 0 aliphatic rings. The molecule has 0 aliphatic carbocycles. The van der Waals surface area contributed by atoms with Gasteiger partial charge in [0.1, 0.15) is 0 Å². The third-order valence-electron chi connectivity index (χ3n) is 2.60. The van der Waals surface area contributed by atoms with Crippen molar-refractivity contribution in [3.63, 3.8) is 0 Å². The van der Waals surface area contributed by atoms with E-state index in [-0.39, 0.29) is 5.92 Å². The SMILES string of the molecule is CCC(O)(CNCCOC)C(C)C. The average Bonchev–Trinajstić information content (AvgIpc) is 2.12. The molecule has 0 amide bonds. The summed E-state index contributed by atoms with van der Waals surface area (Å²) in [6.07, 6.45) is 0.782. The van der Waals surface area contributed by atoms with Crippen molar-refractivity contribution in [2.24, 2.45) is 5.92 Å². The molecule has 0 heterocycles. The molecule has 0 saturated carbocycles. The van der Waals surface area contributed by atoms with E-state index < -0.39 is 5.60 Å². The molecule has 13 heavy (non-hydrogen) atoms.